The normalized spacial score (nSPS) is 11.3. The Labute approximate surface area is 153 Å². The van der Waals surface area contributed by atoms with Gasteiger partial charge in [0.1, 0.15) is 0 Å². The van der Waals surface area contributed by atoms with Gasteiger partial charge in [-0.25, -0.2) is 13.1 Å². The van der Waals surface area contributed by atoms with E-state index in [4.69, 9.17) is 0 Å². The van der Waals surface area contributed by atoms with Gasteiger partial charge in [-0.15, -0.1) is 11.8 Å². The topological polar surface area (TPSA) is 75.3 Å². The molecule has 134 valence electrons. The van der Waals surface area contributed by atoms with Crippen LogP contribution in [0.25, 0.3) is 0 Å². The first-order valence-corrected chi connectivity index (χ1v) is 10.4. The van der Waals surface area contributed by atoms with Crippen molar-refractivity contribution >= 4 is 27.7 Å². The first-order chi connectivity index (χ1) is 11.9. The van der Waals surface area contributed by atoms with Gasteiger partial charge in [-0.2, -0.15) is 0 Å². The van der Waals surface area contributed by atoms with Gasteiger partial charge < -0.3 is 5.32 Å². The predicted octanol–water partition coefficient (Wildman–Crippen LogP) is 2.49. The summed E-state index contributed by atoms with van der Waals surface area (Å²) in [5.41, 5.74) is 1.58. The second-order valence-corrected chi connectivity index (χ2v) is 8.40. The van der Waals surface area contributed by atoms with Gasteiger partial charge in [0.25, 0.3) is 0 Å². The van der Waals surface area contributed by atoms with E-state index in [1.165, 1.54) is 11.8 Å². The lowest BCUT2D eigenvalue weighted by Crippen LogP contribution is -2.35. The van der Waals surface area contributed by atoms with Gasteiger partial charge in [-0.05, 0) is 43.2 Å². The smallest absolute Gasteiger partial charge is 0.240 e. The molecule has 0 saturated carbocycles. The highest BCUT2D eigenvalue weighted by atomic mass is 32.2. The van der Waals surface area contributed by atoms with Crippen LogP contribution in [0.1, 0.15) is 11.1 Å². The molecule has 0 atom stereocenters. The van der Waals surface area contributed by atoms with Crippen LogP contribution in [0.4, 0.5) is 0 Å². The highest BCUT2D eigenvalue weighted by Crippen LogP contribution is 2.17. The summed E-state index contributed by atoms with van der Waals surface area (Å²) < 4.78 is 27.2. The highest BCUT2D eigenvalue weighted by Gasteiger charge is 2.16. The molecule has 0 aliphatic carbocycles. The zero-order valence-corrected chi connectivity index (χ0v) is 15.9. The number of sulfonamides is 1. The highest BCUT2D eigenvalue weighted by molar-refractivity contribution is 8.00. The Morgan fingerprint density at radius 3 is 2.48 bits per heavy atom. The van der Waals surface area contributed by atoms with Crippen LogP contribution in [-0.4, -0.2) is 33.2 Å². The van der Waals surface area contributed by atoms with Crippen LogP contribution < -0.4 is 10.0 Å². The molecular weight excluding hydrogens is 356 g/mol. The number of rotatable bonds is 8. The summed E-state index contributed by atoms with van der Waals surface area (Å²) in [5, 5.41) is 2.72. The third kappa shape index (κ3) is 6.19. The summed E-state index contributed by atoms with van der Waals surface area (Å²) in [5.74, 6) is 0.174. The Balaban J connectivity index is 1.76. The van der Waals surface area contributed by atoms with Crippen molar-refractivity contribution in [2.24, 2.45) is 0 Å². The fraction of sp³-hybridized carbons (Fsp3) is 0.278. The molecule has 0 spiro atoms. The molecule has 0 unspecified atom stereocenters. The van der Waals surface area contributed by atoms with Crippen LogP contribution in [0, 0.1) is 13.8 Å². The van der Waals surface area contributed by atoms with Gasteiger partial charge in [0, 0.05) is 18.0 Å². The van der Waals surface area contributed by atoms with Crippen LogP contribution in [0.2, 0.25) is 0 Å². The monoisotopic (exact) mass is 378 g/mol. The van der Waals surface area contributed by atoms with Gasteiger partial charge in [0.15, 0.2) is 0 Å². The summed E-state index contributed by atoms with van der Waals surface area (Å²) in [4.78, 5) is 13.1. The minimum absolute atomic E-state index is 0.125. The van der Waals surface area contributed by atoms with Crippen LogP contribution in [0.3, 0.4) is 0 Å². The second-order valence-electron chi connectivity index (χ2n) is 5.62. The van der Waals surface area contributed by atoms with Crippen molar-refractivity contribution in [2.45, 2.75) is 23.6 Å². The van der Waals surface area contributed by atoms with E-state index >= 15 is 0 Å². The minimum atomic E-state index is -3.57. The van der Waals surface area contributed by atoms with Gasteiger partial charge in [-0.1, -0.05) is 30.3 Å². The molecule has 0 bridgehead atoms. The van der Waals surface area contributed by atoms with Crippen LogP contribution >= 0.6 is 11.8 Å². The molecule has 0 aromatic heterocycles. The van der Waals surface area contributed by atoms with Gasteiger partial charge >= 0.3 is 0 Å². The van der Waals surface area contributed by atoms with Crippen LogP contribution in [0.15, 0.2) is 58.3 Å². The average molecular weight is 379 g/mol. The zero-order chi connectivity index (χ0) is 18.3. The predicted molar refractivity (Wildman–Crippen MR) is 101 cm³/mol. The van der Waals surface area contributed by atoms with Gasteiger partial charge in [0.2, 0.25) is 15.9 Å². The fourth-order valence-electron chi connectivity index (χ4n) is 2.18. The Morgan fingerprint density at radius 2 is 1.76 bits per heavy atom. The van der Waals surface area contributed by atoms with Crippen molar-refractivity contribution in [3.63, 3.8) is 0 Å². The van der Waals surface area contributed by atoms with E-state index < -0.39 is 10.0 Å². The van der Waals surface area contributed by atoms with Crippen molar-refractivity contribution in [3.05, 3.63) is 59.7 Å². The third-order valence-electron chi connectivity index (χ3n) is 3.49. The number of benzene rings is 2. The quantitative estimate of drug-likeness (QED) is 0.547. The molecule has 0 aliphatic heterocycles. The first kappa shape index (κ1) is 19.5. The third-order valence-corrected chi connectivity index (χ3v) is 6.10. The van der Waals surface area contributed by atoms with E-state index in [0.29, 0.717) is 11.3 Å². The van der Waals surface area contributed by atoms with Gasteiger partial charge in [0.05, 0.1) is 10.6 Å². The number of carbonyl (C=O) groups excluding carboxylic acids is 1. The van der Waals surface area contributed by atoms with Crippen molar-refractivity contribution < 1.29 is 13.2 Å². The molecule has 2 N–H and O–H groups in total. The minimum Gasteiger partial charge on any atom is -0.354 e. The Kier molecular flexibility index (Phi) is 7.04. The van der Waals surface area contributed by atoms with Crippen molar-refractivity contribution in [2.75, 3.05) is 18.8 Å². The summed E-state index contributed by atoms with van der Waals surface area (Å²) in [7, 11) is -3.57. The molecule has 0 aliphatic rings. The average Bonchev–Trinajstić information content (AvgIpc) is 2.60. The molecule has 25 heavy (non-hydrogen) atoms. The SMILES string of the molecule is Cc1ccc(C)c(S(=O)(=O)NCCNC(=O)CSc2ccccc2)c1. The standard InChI is InChI=1S/C18H22N2O3S2/c1-14-8-9-15(2)17(12-14)25(22,23)20-11-10-19-18(21)13-24-16-6-4-3-5-7-16/h3-9,12,20H,10-11,13H2,1-2H3,(H,19,21). The Bertz CT molecular complexity index is 821. The maximum atomic E-state index is 12.3. The number of hydrogen-bond acceptors (Lipinski definition) is 4. The van der Waals surface area contributed by atoms with Crippen molar-refractivity contribution in [1.82, 2.24) is 10.0 Å². The first-order valence-electron chi connectivity index (χ1n) is 7.90. The van der Waals surface area contributed by atoms with Crippen LogP contribution in [-0.2, 0) is 14.8 Å². The number of carbonyl (C=O) groups is 1. The molecule has 2 aromatic rings. The maximum Gasteiger partial charge on any atom is 0.240 e. The lowest BCUT2D eigenvalue weighted by atomic mass is 10.2. The molecule has 2 rings (SSSR count). The second kappa shape index (κ2) is 9.03. The lowest BCUT2D eigenvalue weighted by Gasteiger charge is -2.10. The Hall–Kier alpha value is -1.83. The molecule has 0 radical (unpaired) electrons. The summed E-state index contributed by atoms with van der Waals surface area (Å²) in [6.45, 7) is 4.01. The molecule has 1 amide bonds. The lowest BCUT2D eigenvalue weighted by molar-refractivity contribution is -0.118. The van der Waals surface area contributed by atoms with E-state index in [9.17, 15) is 13.2 Å². The number of hydrogen-bond donors (Lipinski definition) is 2. The molecule has 0 saturated heterocycles. The fourth-order valence-corrected chi connectivity index (χ4v) is 4.29. The van der Waals surface area contributed by atoms with Crippen molar-refractivity contribution in [1.29, 1.82) is 0 Å². The maximum absolute atomic E-state index is 12.3. The van der Waals surface area contributed by atoms with E-state index in [0.717, 1.165) is 10.5 Å². The molecule has 2 aromatic carbocycles. The van der Waals surface area contributed by atoms with E-state index in [1.807, 2.05) is 43.3 Å². The summed E-state index contributed by atoms with van der Waals surface area (Å²) in [6, 6.07) is 14.9. The number of thioether (sulfide) groups is 1. The molecule has 7 heteroatoms. The number of aryl methyl sites for hydroxylation is 2. The summed E-state index contributed by atoms with van der Waals surface area (Å²) >= 11 is 1.44. The molecule has 0 heterocycles. The van der Waals surface area contributed by atoms with Gasteiger partial charge in [-0.3, -0.25) is 4.79 Å². The van der Waals surface area contributed by atoms with E-state index in [-0.39, 0.29) is 23.9 Å². The number of amides is 1. The number of nitrogens with one attached hydrogen (secondary N) is 2. The molecule has 5 nitrogen and oxygen atoms in total. The Morgan fingerprint density at radius 1 is 1.04 bits per heavy atom. The molecular formula is C18H22N2O3S2. The van der Waals surface area contributed by atoms with Crippen molar-refractivity contribution in [3.8, 4) is 0 Å². The molecule has 0 fully saturated rings. The van der Waals surface area contributed by atoms with Crippen LogP contribution in [0.5, 0.6) is 0 Å². The van der Waals surface area contributed by atoms with E-state index in [2.05, 4.69) is 10.0 Å². The van der Waals surface area contributed by atoms with E-state index in [1.54, 1.807) is 19.1 Å². The largest absolute Gasteiger partial charge is 0.354 e. The zero-order valence-electron chi connectivity index (χ0n) is 14.3. The summed E-state index contributed by atoms with van der Waals surface area (Å²) in [6.07, 6.45) is 0.